The van der Waals surface area contributed by atoms with Gasteiger partial charge in [-0.15, -0.1) is 0 Å². The molecule has 0 heterocycles. The molecule has 0 N–H and O–H groups in total. The zero-order valence-electron chi connectivity index (χ0n) is 31.7. The number of fused-ring (bicyclic) bond motifs is 4. The molecule has 0 aliphatic heterocycles. The standard InChI is InChI=1S/C55H41N/c1-55(2)53-24-9-8-23-51(53)52-32-31-50(37-54(52)55)56(49-22-12-21-46(36-49)44-19-10-17-42(33-44)38-13-4-3-5-14-38)48-29-27-40(28-30-48)43-18-11-20-45(34-43)47-26-25-39-15-6-7-16-41(39)35-47/h3-37H,1-2H3. The summed E-state index contributed by atoms with van der Waals surface area (Å²) in [5.41, 5.74) is 18.3. The Morgan fingerprint density at radius 3 is 1.50 bits per heavy atom. The van der Waals surface area contributed by atoms with E-state index in [1.54, 1.807) is 0 Å². The van der Waals surface area contributed by atoms with Gasteiger partial charge < -0.3 is 4.90 Å². The molecular formula is C55H41N. The molecule has 56 heavy (non-hydrogen) atoms. The molecule has 0 fully saturated rings. The molecule has 0 unspecified atom stereocenters. The summed E-state index contributed by atoms with van der Waals surface area (Å²) in [6, 6.07) is 77.6. The molecule has 0 atom stereocenters. The van der Waals surface area contributed by atoms with Crippen LogP contribution in [0.25, 0.3) is 66.4 Å². The summed E-state index contributed by atoms with van der Waals surface area (Å²) in [6.45, 7) is 4.71. The molecule has 0 spiro atoms. The van der Waals surface area contributed by atoms with Crippen molar-refractivity contribution >= 4 is 27.8 Å². The summed E-state index contributed by atoms with van der Waals surface area (Å²) in [5, 5.41) is 2.52. The average Bonchev–Trinajstić information content (AvgIpc) is 3.49. The molecular weight excluding hydrogens is 675 g/mol. The Kier molecular flexibility index (Phi) is 8.23. The summed E-state index contributed by atoms with van der Waals surface area (Å²) in [4.78, 5) is 2.42. The second-order valence-corrected chi connectivity index (χ2v) is 15.4. The maximum atomic E-state index is 2.42. The Morgan fingerprint density at radius 2 is 0.768 bits per heavy atom. The number of hydrogen-bond donors (Lipinski definition) is 0. The van der Waals surface area contributed by atoms with Crippen molar-refractivity contribution < 1.29 is 0 Å². The number of rotatable bonds is 7. The molecule has 0 radical (unpaired) electrons. The van der Waals surface area contributed by atoms with E-state index in [2.05, 4.69) is 231 Å². The van der Waals surface area contributed by atoms with Crippen molar-refractivity contribution in [3.8, 4) is 55.6 Å². The Balaban J connectivity index is 1.05. The number of anilines is 3. The Labute approximate surface area is 329 Å². The van der Waals surface area contributed by atoms with Gasteiger partial charge in [-0.1, -0.05) is 172 Å². The molecule has 1 aliphatic rings. The molecule has 9 aromatic carbocycles. The van der Waals surface area contributed by atoms with Gasteiger partial charge in [-0.2, -0.15) is 0 Å². The lowest BCUT2D eigenvalue weighted by Crippen LogP contribution is -2.16. The van der Waals surface area contributed by atoms with Gasteiger partial charge in [0.15, 0.2) is 0 Å². The van der Waals surface area contributed by atoms with E-state index in [0.29, 0.717) is 0 Å². The highest BCUT2D eigenvalue weighted by atomic mass is 15.1. The molecule has 0 bridgehead atoms. The van der Waals surface area contributed by atoms with Gasteiger partial charge in [0.05, 0.1) is 0 Å². The fourth-order valence-electron chi connectivity index (χ4n) is 8.66. The lowest BCUT2D eigenvalue weighted by Gasteiger charge is -2.28. The van der Waals surface area contributed by atoms with E-state index in [0.717, 1.165) is 17.1 Å². The molecule has 1 nitrogen and oxygen atoms in total. The second-order valence-electron chi connectivity index (χ2n) is 15.4. The minimum Gasteiger partial charge on any atom is -0.310 e. The van der Waals surface area contributed by atoms with E-state index in [1.165, 1.54) is 77.5 Å². The quantitative estimate of drug-likeness (QED) is 0.159. The van der Waals surface area contributed by atoms with Gasteiger partial charge in [0.2, 0.25) is 0 Å². The summed E-state index contributed by atoms with van der Waals surface area (Å²) in [5.74, 6) is 0. The Hall–Kier alpha value is -6.96. The molecule has 1 heteroatoms. The zero-order chi connectivity index (χ0) is 37.6. The van der Waals surface area contributed by atoms with Gasteiger partial charge in [-0.25, -0.2) is 0 Å². The van der Waals surface area contributed by atoms with Gasteiger partial charge >= 0.3 is 0 Å². The third-order valence-electron chi connectivity index (χ3n) is 11.6. The van der Waals surface area contributed by atoms with Crippen LogP contribution in [0.2, 0.25) is 0 Å². The van der Waals surface area contributed by atoms with E-state index in [9.17, 15) is 0 Å². The fourth-order valence-corrected chi connectivity index (χ4v) is 8.66. The molecule has 0 saturated heterocycles. The summed E-state index contributed by atoms with van der Waals surface area (Å²) >= 11 is 0. The second kappa shape index (κ2) is 13.7. The molecule has 266 valence electrons. The minimum atomic E-state index is -0.104. The molecule has 10 rings (SSSR count). The fraction of sp³-hybridized carbons (Fsp3) is 0.0545. The van der Waals surface area contributed by atoms with Crippen LogP contribution in [0.4, 0.5) is 17.1 Å². The van der Waals surface area contributed by atoms with Gasteiger partial charge in [-0.05, 0) is 132 Å². The first-order valence-corrected chi connectivity index (χ1v) is 19.5. The van der Waals surface area contributed by atoms with Crippen LogP contribution < -0.4 is 4.90 Å². The maximum Gasteiger partial charge on any atom is 0.0467 e. The van der Waals surface area contributed by atoms with Crippen LogP contribution in [0.1, 0.15) is 25.0 Å². The van der Waals surface area contributed by atoms with Crippen molar-refractivity contribution in [3.05, 3.63) is 223 Å². The topological polar surface area (TPSA) is 3.24 Å². The van der Waals surface area contributed by atoms with E-state index in [4.69, 9.17) is 0 Å². The number of benzene rings is 9. The normalized spacial score (nSPS) is 12.6. The third-order valence-corrected chi connectivity index (χ3v) is 11.6. The highest BCUT2D eigenvalue weighted by molar-refractivity contribution is 5.89. The number of nitrogens with zero attached hydrogens (tertiary/aromatic N) is 1. The summed E-state index contributed by atoms with van der Waals surface area (Å²) in [7, 11) is 0. The predicted molar refractivity (Wildman–Crippen MR) is 238 cm³/mol. The van der Waals surface area contributed by atoms with Crippen molar-refractivity contribution in [2.45, 2.75) is 19.3 Å². The van der Waals surface area contributed by atoms with Gasteiger partial charge in [0, 0.05) is 22.5 Å². The van der Waals surface area contributed by atoms with Crippen LogP contribution in [-0.4, -0.2) is 0 Å². The smallest absolute Gasteiger partial charge is 0.0467 e. The molecule has 0 saturated carbocycles. The van der Waals surface area contributed by atoms with Gasteiger partial charge in [0.1, 0.15) is 0 Å². The van der Waals surface area contributed by atoms with E-state index in [1.807, 2.05) is 0 Å². The Bertz CT molecular complexity index is 2880. The van der Waals surface area contributed by atoms with E-state index >= 15 is 0 Å². The van der Waals surface area contributed by atoms with Crippen LogP contribution in [0.15, 0.2) is 212 Å². The van der Waals surface area contributed by atoms with E-state index < -0.39 is 0 Å². The van der Waals surface area contributed by atoms with Crippen LogP contribution in [0, 0.1) is 0 Å². The largest absolute Gasteiger partial charge is 0.310 e. The van der Waals surface area contributed by atoms with Crippen LogP contribution in [0.3, 0.4) is 0 Å². The van der Waals surface area contributed by atoms with Crippen molar-refractivity contribution in [1.82, 2.24) is 0 Å². The first-order chi connectivity index (χ1) is 27.5. The monoisotopic (exact) mass is 715 g/mol. The van der Waals surface area contributed by atoms with Gasteiger partial charge in [0.25, 0.3) is 0 Å². The highest BCUT2D eigenvalue weighted by Gasteiger charge is 2.35. The van der Waals surface area contributed by atoms with Crippen molar-refractivity contribution in [2.24, 2.45) is 0 Å². The minimum absolute atomic E-state index is 0.104. The maximum absolute atomic E-state index is 2.42. The van der Waals surface area contributed by atoms with E-state index in [-0.39, 0.29) is 5.41 Å². The third kappa shape index (κ3) is 5.99. The first kappa shape index (κ1) is 33.6. The average molecular weight is 716 g/mol. The van der Waals surface area contributed by atoms with Crippen LogP contribution in [0.5, 0.6) is 0 Å². The van der Waals surface area contributed by atoms with Crippen LogP contribution in [-0.2, 0) is 5.41 Å². The van der Waals surface area contributed by atoms with Crippen molar-refractivity contribution in [3.63, 3.8) is 0 Å². The SMILES string of the molecule is CC1(C)c2ccccc2-c2ccc(N(c3ccc(-c4cccc(-c5ccc6ccccc6c5)c4)cc3)c3cccc(-c4cccc(-c5ccccc5)c4)c3)cc21. The lowest BCUT2D eigenvalue weighted by molar-refractivity contribution is 0.660. The van der Waals surface area contributed by atoms with Crippen molar-refractivity contribution in [2.75, 3.05) is 4.90 Å². The van der Waals surface area contributed by atoms with Crippen molar-refractivity contribution in [1.29, 1.82) is 0 Å². The molecule has 9 aromatic rings. The van der Waals surface area contributed by atoms with Gasteiger partial charge in [-0.3, -0.25) is 0 Å². The Morgan fingerprint density at radius 1 is 0.286 bits per heavy atom. The molecule has 0 aromatic heterocycles. The molecule has 1 aliphatic carbocycles. The molecule has 0 amide bonds. The zero-order valence-corrected chi connectivity index (χ0v) is 31.7. The summed E-state index contributed by atoms with van der Waals surface area (Å²) in [6.07, 6.45) is 0. The van der Waals surface area contributed by atoms with Crippen LogP contribution >= 0.6 is 0 Å². The first-order valence-electron chi connectivity index (χ1n) is 19.5. The summed E-state index contributed by atoms with van der Waals surface area (Å²) < 4.78 is 0. The highest BCUT2D eigenvalue weighted by Crippen LogP contribution is 2.51. The lowest BCUT2D eigenvalue weighted by atomic mass is 9.82. The predicted octanol–water partition coefficient (Wildman–Crippen LogP) is 15.3. The number of hydrogen-bond acceptors (Lipinski definition) is 1.